The van der Waals surface area contributed by atoms with E-state index in [-0.39, 0.29) is 0 Å². The van der Waals surface area contributed by atoms with Crippen LogP contribution in [0.1, 0.15) is 16.7 Å². The molecule has 1 nitrogen and oxygen atoms in total. The molecule has 8 rings (SSSR count). The van der Waals surface area contributed by atoms with Gasteiger partial charge in [0, 0.05) is 16.7 Å². The molecule has 1 heterocycles. The fourth-order valence-electron chi connectivity index (χ4n) is 6.17. The molecule has 0 aromatic heterocycles. The summed E-state index contributed by atoms with van der Waals surface area (Å²) >= 11 is 0. The third-order valence-corrected chi connectivity index (χ3v) is 8.03. The molecule has 0 N–H and O–H groups in total. The number of hydrogen-bond donors (Lipinski definition) is 0. The van der Waals surface area contributed by atoms with Crippen molar-refractivity contribution in [1.82, 2.24) is 0 Å². The maximum absolute atomic E-state index is 7.14. The van der Waals surface area contributed by atoms with E-state index in [1.54, 1.807) is 0 Å². The van der Waals surface area contributed by atoms with Gasteiger partial charge in [-0.2, -0.15) is 0 Å². The lowest BCUT2D eigenvalue weighted by Gasteiger charge is -2.34. The minimum atomic E-state index is -0.699. The summed E-state index contributed by atoms with van der Waals surface area (Å²) in [6.07, 6.45) is 4.54. The summed E-state index contributed by atoms with van der Waals surface area (Å²) in [4.78, 5) is 0. The van der Waals surface area contributed by atoms with E-state index in [1.165, 1.54) is 55.3 Å². The summed E-state index contributed by atoms with van der Waals surface area (Å²) in [7, 11) is 0. The minimum Gasteiger partial charge on any atom is -0.473 e. The van der Waals surface area contributed by atoms with Crippen molar-refractivity contribution in [2.75, 3.05) is 0 Å². The summed E-state index contributed by atoms with van der Waals surface area (Å²) in [5, 5.41) is 2.44. The normalized spacial score (nSPS) is 14.1. The Hall–Kier alpha value is -4.88. The van der Waals surface area contributed by atoms with E-state index in [2.05, 4.69) is 146 Å². The van der Waals surface area contributed by atoms with Crippen molar-refractivity contribution in [2.24, 2.45) is 0 Å². The number of rotatable bonds is 2. The molecular weight excluding hydrogens is 460 g/mol. The average molecular weight is 485 g/mol. The topological polar surface area (TPSA) is 9.23 Å². The molecule has 38 heavy (non-hydrogen) atoms. The van der Waals surface area contributed by atoms with Crippen LogP contribution in [0.2, 0.25) is 0 Å². The van der Waals surface area contributed by atoms with Gasteiger partial charge < -0.3 is 4.74 Å². The van der Waals surface area contributed by atoms with Gasteiger partial charge in [0.05, 0.1) is 0 Å². The summed E-state index contributed by atoms with van der Waals surface area (Å²) in [6.45, 7) is 0. The van der Waals surface area contributed by atoms with E-state index in [4.69, 9.17) is 4.74 Å². The summed E-state index contributed by atoms with van der Waals surface area (Å²) in [6, 6.07) is 47.6. The molecule has 0 amide bonds. The molecule has 6 aromatic rings. The highest BCUT2D eigenvalue weighted by Gasteiger charge is 2.46. The van der Waals surface area contributed by atoms with Crippen molar-refractivity contribution in [3.05, 3.63) is 156 Å². The van der Waals surface area contributed by atoms with Gasteiger partial charge >= 0.3 is 0 Å². The van der Waals surface area contributed by atoms with Gasteiger partial charge in [0.15, 0.2) is 5.60 Å². The SMILES string of the molecule is C1=CC2(Oc3ccc4ccccc4c31)c1cc(-c3ccccc3)ccc1-c1ccc(-c3ccccc3)cc12. The third kappa shape index (κ3) is 3.06. The predicted octanol–water partition coefficient (Wildman–Crippen LogP) is 9.50. The summed E-state index contributed by atoms with van der Waals surface area (Å²) < 4.78 is 7.14. The van der Waals surface area contributed by atoms with Crippen molar-refractivity contribution in [1.29, 1.82) is 0 Å². The van der Waals surface area contributed by atoms with Crippen molar-refractivity contribution >= 4 is 16.8 Å². The highest BCUT2D eigenvalue weighted by atomic mass is 16.5. The van der Waals surface area contributed by atoms with Crippen LogP contribution in [0, 0.1) is 0 Å². The van der Waals surface area contributed by atoms with Crippen molar-refractivity contribution in [3.63, 3.8) is 0 Å². The van der Waals surface area contributed by atoms with Crippen LogP contribution >= 0.6 is 0 Å². The molecule has 0 fully saturated rings. The number of benzene rings is 6. The molecule has 1 aliphatic carbocycles. The summed E-state index contributed by atoms with van der Waals surface area (Å²) in [5.74, 6) is 0.917. The van der Waals surface area contributed by atoms with E-state index in [9.17, 15) is 0 Å². The fourth-order valence-corrected chi connectivity index (χ4v) is 6.17. The van der Waals surface area contributed by atoms with Crippen LogP contribution in [-0.4, -0.2) is 0 Å². The van der Waals surface area contributed by atoms with E-state index < -0.39 is 5.60 Å². The van der Waals surface area contributed by atoms with E-state index in [0.29, 0.717) is 0 Å². The van der Waals surface area contributed by atoms with E-state index >= 15 is 0 Å². The van der Waals surface area contributed by atoms with Crippen LogP contribution in [-0.2, 0) is 5.60 Å². The summed E-state index contributed by atoms with van der Waals surface area (Å²) in [5.41, 5.74) is 10.1. The predicted molar refractivity (Wildman–Crippen MR) is 157 cm³/mol. The lowest BCUT2D eigenvalue weighted by molar-refractivity contribution is 0.166. The second-order valence-corrected chi connectivity index (χ2v) is 10.1. The number of ether oxygens (including phenoxy) is 1. The van der Waals surface area contributed by atoms with Crippen molar-refractivity contribution in [2.45, 2.75) is 5.60 Å². The molecule has 1 aliphatic heterocycles. The van der Waals surface area contributed by atoms with Crippen LogP contribution < -0.4 is 4.74 Å². The maximum atomic E-state index is 7.14. The van der Waals surface area contributed by atoms with Crippen LogP contribution in [0.4, 0.5) is 0 Å². The minimum absolute atomic E-state index is 0.699. The molecule has 0 unspecified atom stereocenters. The lowest BCUT2D eigenvalue weighted by atomic mass is 9.85. The van der Waals surface area contributed by atoms with Gasteiger partial charge in [-0.1, -0.05) is 115 Å². The molecular formula is C37H24O. The molecule has 1 heteroatoms. The van der Waals surface area contributed by atoms with Gasteiger partial charge in [0.1, 0.15) is 5.75 Å². The molecule has 0 radical (unpaired) electrons. The van der Waals surface area contributed by atoms with Gasteiger partial charge in [0.2, 0.25) is 0 Å². The second kappa shape index (κ2) is 8.06. The van der Waals surface area contributed by atoms with Crippen LogP contribution in [0.5, 0.6) is 5.75 Å². The average Bonchev–Trinajstić information content (AvgIpc) is 3.25. The van der Waals surface area contributed by atoms with Gasteiger partial charge in [-0.15, -0.1) is 0 Å². The molecule has 2 aliphatic rings. The molecule has 0 atom stereocenters. The zero-order chi connectivity index (χ0) is 25.1. The zero-order valence-corrected chi connectivity index (χ0v) is 20.8. The maximum Gasteiger partial charge on any atom is 0.179 e. The Bertz CT molecular complexity index is 1790. The van der Waals surface area contributed by atoms with E-state index in [1.807, 2.05) is 0 Å². The Balaban J connectivity index is 1.38. The smallest absolute Gasteiger partial charge is 0.179 e. The van der Waals surface area contributed by atoms with Crippen LogP contribution in [0.3, 0.4) is 0 Å². The fraction of sp³-hybridized carbons (Fsp3) is 0.0270. The van der Waals surface area contributed by atoms with E-state index in [0.717, 1.165) is 11.3 Å². The van der Waals surface area contributed by atoms with Gasteiger partial charge in [-0.05, 0) is 74.5 Å². The Kier molecular flexibility index (Phi) is 4.50. The standard InChI is InChI=1S/C37H24O/c1-3-9-25(10-4-1)28-15-18-31-32-19-16-29(26-11-5-2-6-12-26)24-35(32)37(34(31)23-28)22-21-33-30-14-8-7-13-27(30)17-20-36(33)38-37/h1-24H. The second-order valence-electron chi connectivity index (χ2n) is 10.1. The highest BCUT2D eigenvalue weighted by Crippen LogP contribution is 2.55. The number of hydrogen-bond acceptors (Lipinski definition) is 1. The first kappa shape index (κ1) is 21.2. The molecule has 0 bridgehead atoms. The first-order valence-corrected chi connectivity index (χ1v) is 13.1. The third-order valence-electron chi connectivity index (χ3n) is 8.03. The van der Waals surface area contributed by atoms with Crippen molar-refractivity contribution < 1.29 is 4.74 Å². The first-order valence-electron chi connectivity index (χ1n) is 13.1. The highest BCUT2D eigenvalue weighted by molar-refractivity contribution is 5.95. The number of fused-ring (bicyclic) bond motifs is 8. The first-order chi connectivity index (χ1) is 18.8. The van der Waals surface area contributed by atoms with Crippen molar-refractivity contribution in [3.8, 4) is 39.1 Å². The molecule has 0 saturated heterocycles. The molecule has 0 saturated carbocycles. The molecule has 1 spiro atoms. The Morgan fingerprint density at radius 1 is 0.474 bits per heavy atom. The van der Waals surface area contributed by atoms with Gasteiger partial charge in [-0.3, -0.25) is 0 Å². The Morgan fingerprint density at radius 2 is 1.05 bits per heavy atom. The van der Waals surface area contributed by atoms with Gasteiger partial charge in [0.25, 0.3) is 0 Å². The van der Waals surface area contributed by atoms with Crippen LogP contribution in [0.15, 0.2) is 140 Å². The zero-order valence-electron chi connectivity index (χ0n) is 20.8. The lowest BCUT2D eigenvalue weighted by Crippen LogP contribution is -2.32. The quantitative estimate of drug-likeness (QED) is 0.238. The Labute approximate surface area is 222 Å². The van der Waals surface area contributed by atoms with Gasteiger partial charge in [-0.25, -0.2) is 0 Å². The monoisotopic (exact) mass is 484 g/mol. The largest absolute Gasteiger partial charge is 0.473 e. The van der Waals surface area contributed by atoms with Crippen LogP contribution in [0.25, 0.3) is 50.2 Å². The molecule has 178 valence electrons. The molecule has 6 aromatic carbocycles. The Morgan fingerprint density at radius 3 is 1.68 bits per heavy atom.